The van der Waals surface area contributed by atoms with Crippen molar-refractivity contribution in [3.05, 3.63) is 78.3 Å². The van der Waals surface area contributed by atoms with Crippen LogP contribution in [0.25, 0.3) is 23.1 Å². The zero-order chi connectivity index (χ0) is 17.1. The van der Waals surface area contributed by atoms with Gasteiger partial charge in [-0.3, -0.25) is 4.98 Å². The van der Waals surface area contributed by atoms with Gasteiger partial charge in [0.15, 0.2) is 5.76 Å². The fourth-order valence-electron chi connectivity index (χ4n) is 2.35. The van der Waals surface area contributed by atoms with Crippen molar-refractivity contribution < 1.29 is 4.52 Å². The molecule has 0 aliphatic heterocycles. The van der Waals surface area contributed by atoms with E-state index in [1.807, 2.05) is 56.3 Å². The summed E-state index contributed by atoms with van der Waals surface area (Å²) in [6.45, 7) is 11.9. The van der Waals surface area contributed by atoms with Gasteiger partial charge in [-0.25, -0.2) is 0 Å². The molecule has 3 aromatic rings. The van der Waals surface area contributed by atoms with E-state index in [4.69, 9.17) is 4.52 Å². The van der Waals surface area contributed by atoms with Crippen LogP contribution in [0.5, 0.6) is 0 Å². The second kappa shape index (κ2) is 6.54. The third-order valence-corrected chi connectivity index (χ3v) is 3.81. The molecule has 2 aromatic heterocycles. The molecule has 1 aromatic carbocycles. The number of nitrogens with one attached hydrogen (secondary N) is 1. The highest BCUT2D eigenvalue weighted by molar-refractivity contribution is 5.75. The summed E-state index contributed by atoms with van der Waals surface area (Å²) in [6.07, 6.45) is 3.60. The van der Waals surface area contributed by atoms with Crippen LogP contribution in [-0.2, 0) is 0 Å². The summed E-state index contributed by atoms with van der Waals surface area (Å²) >= 11 is 0. The first-order valence-corrected chi connectivity index (χ1v) is 7.66. The first-order chi connectivity index (χ1) is 11.6. The molecule has 120 valence electrons. The monoisotopic (exact) mass is 317 g/mol. The lowest BCUT2D eigenvalue weighted by Gasteiger charge is -2.06. The number of anilines is 1. The van der Waals surface area contributed by atoms with Crippen molar-refractivity contribution in [2.45, 2.75) is 13.8 Å². The van der Waals surface area contributed by atoms with Crippen LogP contribution in [0.1, 0.15) is 22.5 Å². The lowest BCUT2D eigenvalue weighted by molar-refractivity contribution is 0.430. The Morgan fingerprint density at radius 2 is 2.00 bits per heavy atom. The summed E-state index contributed by atoms with van der Waals surface area (Å²) in [5, 5.41) is 7.29. The van der Waals surface area contributed by atoms with E-state index in [2.05, 4.69) is 28.6 Å². The smallest absolute Gasteiger partial charge is 0.167 e. The Morgan fingerprint density at radius 3 is 2.71 bits per heavy atom. The molecule has 0 spiro atoms. The average molecular weight is 317 g/mol. The van der Waals surface area contributed by atoms with Gasteiger partial charge < -0.3 is 9.84 Å². The molecule has 0 amide bonds. The standard InChI is InChI=1S/C20H19N3O/c1-5-16-10-17(8-6-13(16)2)20-11-19(23-24-20)15(4)22-18-9-7-14(3)21-12-18/h5-12,22H,1,4H2,2-3H3. The Balaban J connectivity index is 1.81. The number of pyridine rings is 1. The number of aryl methyl sites for hydroxylation is 2. The molecule has 0 saturated heterocycles. The Bertz CT molecular complexity index is 892. The van der Waals surface area contributed by atoms with E-state index in [9.17, 15) is 0 Å². The molecule has 0 radical (unpaired) electrons. The van der Waals surface area contributed by atoms with Crippen molar-refractivity contribution in [2.75, 3.05) is 5.32 Å². The van der Waals surface area contributed by atoms with Crippen LogP contribution in [0.15, 0.2) is 60.3 Å². The third kappa shape index (κ3) is 3.27. The Labute approximate surface area is 141 Å². The van der Waals surface area contributed by atoms with Crippen LogP contribution >= 0.6 is 0 Å². The highest BCUT2D eigenvalue weighted by Gasteiger charge is 2.10. The minimum atomic E-state index is 0.659. The number of nitrogens with zero attached hydrogens (tertiary/aromatic N) is 2. The number of benzene rings is 1. The lowest BCUT2D eigenvalue weighted by atomic mass is 10.0. The molecule has 2 heterocycles. The van der Waals surface area contributed by atoms with E-state index in [1.54, 1.807) is 6.20 Å². The molecule has 0 atom stereocenters. The first kappa shape index (κ1) is 15.7. The molecule has 0 saturated carbocycles. The van der Waals surface area contributed by atoms with Crippen molar-refractivity contribution in [3.8, 4) is 11.3 Å². The minimum absolute atomic E-state index is 0.659. The topological polar surface area (TPSA) is 51.0 Å². The van der Waals surface area contributed by atoms with Crippen molar-refractivity contribution >= 4 is 17.5 Å². The molecule has 3 rings (SSSR count). The van der Waals surface area contributed by atoms with E-state index in [0.717, 1.165) is 22.5 Å². The normalized spacial score (nSPS) is 10.4. The van der Waals surface area contributed by atoms with Crippen molar-refractivity contribution in [3.63, 3.8) is 0 Å². The number of hydrogen-bond donors (Lipinski definition) is 1. The molecule has 0 fully saturated rings. The van der Waals surface area contributed by atoms with Crippen molar-refractivity contribution in [2.24, 2.45) is 0 Å². The van der Waals surface area contributed by atoms with E-state index >= 15 is 0 Å². The van der Waals surface area contributed by atoms with Crippen LogP contribution in [-0.4, -0.2) is 10.1 Å². The first-order valence-electron chi connectivity index (χ1n) is 7.66. The van der Waals surface area contributed by atoms with Gasteiger partial charge in [0, 0.05) is 17.3 Å². The number of aromatic nitrogens is 2. The molecule has 0 aliphatic rings. The quantitative estimate of drug-likeness (QED) is 0.713. The van der Waals surface area contributed by atoms with E-state index in [1.165, 1.54) is 5.56 Å². The van der Waals surface area contributed by atoms with Gasteiger partial charge in [-0.1, -0.05) is 36.5 Å². The number of rotatable bonds is 5. The summed E-state index contributed by atoms with van der Waals surface area (Å²) in [4.78, 5) is 4.25. The zero-order valence-electron chi connectivity index (χ0n) is 13.8. The molecule has 4 heteroatoms. The Kier molecular flexibility index (Phi) is 4.29. The minimum Gasteiger partial charge on any atom is -0.356 e. The Hall–Kier alpha value is -3.14. The van der Waals surface area contributed by atoms with Gasteiger partial charge in [0.1, 0.15) is 5.69 Å². The molecule has 0 unspecified atom stereocenters. The summed E-state index contributed by atoms with van der Waals surface area (Å²) in [5.74, 6) is 0.693. The van der Waals surface area contributed by atoms with Gasteiger partial charge in [0.25, 0.3) is 0 Å². The average Bonchev–Trinajstić information content (AvgIpc) is 3.07. The van der Waals surface area contributed by atoms with Crippen LogP contribution in [0.3, 0.4) is 0 Å². The fraction of sp³-hybridized carbons (Fsp3) is 0.100. The van der Waals surface area contributed by atoms with Crippen molar-refractivity contribution in [1.29, 1.82) is 0 Å². The summed E-state index contributed by atoms with van der Waals surface area (Å²) in [7, 11) is 0. The molecule has 24 heavy (non-hydrogen) atoms. The second-order valence-electron chi connectivity index (χ2n) is 5.64. The highest BCUT2D eigenvalue weighted by Crippen LogP contribution is 2.26. The zero-order valence-corrected chi connectivity index (χ0v) is 13.8. The van der Waals surface area contributed by atoms with Gasteiger partial charge >= 0.3 is 0 Å². The van der Waals surface area contributed by atoms with Crippen LogP contribution in [0.4, 0.5) is 5.69 Å². The van der Waals surface area contributed by atoms with Gasteiger partial charge in [-0.2, -0.15) is 0 Å². The maximum Gasteiger partial charge on any atom is 0.167 e. The van der Waals surface area contributed by atoms with Gasteiger partial charge in [-0.05, 0) is 43.2 Å². The van der Waals surface area contributed by atoms with Crippen LogP contribution in [0.2, 0.25) is 0 Å². The van der Waals surface area contributed by atoms with Crippen LogP contribution in [0, 0.1) is 13.8 Å². The number of hydrogen-bond acceptors (Lipinski definition) is 4. The summed E-state index contributed by atoms with van der Waals surface area (Å²) in [5.41, 5.74) is 6.35. The molecule has 0 aliphatic carbocycles. The molecule has 1 N–H and O–H groups in total. The van der Waals surface area contributed by atoms with Crippen LogP contribution < -0.4 is 5.32 Å². The molecule has 4 nitrogen and oxygen atoms in total. The SMILES string of the molecule is C=Cc1cc(-c2cc(C(=C)Nc3ccc(C)nc3)no2)ccc1C. The van der Waals surface area contributed by atoms with Gasteiger partial charge in [0.05, 0.1) is 17.6 Å². The maximum absolute atomic E-state index is 5.47. The van der Waals surface area contributed by atoms with Gasteiger partial charge in [-0.15, -0.1) is 0 Å². The molecule has 0 bridgehead atoms. The van der Waals surface area contributed by atoms with E-state index in [0.29, 0.717) is 17.2 Å². The predicted octanol–water partition coefficient (Wildman–Crippen LogP) is 5.08. The Morgan fingerprint density at radius 1 is 1.17 bits per heavy atom. The highest BCUT2D eigenvalue weighted by atomic mass is 16.5. The fourth-order valence-corrected chi connectivity index (χ4v) is 2.35. The van der Waals surface area contributed by atoms with E-state index < -0.39 is 0 Å². The summed E-state index contributed by atoms with van der Waals surface area (Å²) < 4.78 is 5.47. The second-order valence-corrected chi connectivity index (χ2v) is 5.64. The van der Waals surface area contributed by atoms with Crippen molar-refractivity contribution in [1.82, 2.24) is 10.1 Å². The largest absolute Gasteiger partial charge is 0.356 e. The lowest BCUT2D eigenvalue weighted by Crippen LogP contribution is -1.98. The summed E-state index contributed by atoms with van der Waals surface area (Å²) in [6, 6.07) is 11.8. The molecular weight excluding hydrogens is 298 g/mol. The maximum atomic E-state index is 5.47. The predicted molar refractivity (Wildman–Crippen MR) is 98.4 cm³/mol. The molecular formula is C20H19N3O. The van der Waals surface area contributed by atoms with E-state index in [-0.39, 0.29) is 0 Å². The van der Waals surface area contributed by atoms with Gasteiger partial charge in [0.2, 0.25) is 0 Å². The third-order valence-electron chi connectivity index (χ3n) is 3.81.